The average Bonchev–Trinajstić information content (AvgIpc) is 3.21. The molecule has 1 aromatic carbocycles. The molecule has 28 heavy (non-hydrogen) atoms. The van der Waals surface area contributed by atoms with Crippen LogP contribution in [-0.2, 0) is 22.6 Å². The van der Waals surface area contributed by atoms with Crippen LogP contribution in [0.3, 0.4) is 0 Å². The van der Waals surface area contributed by atoms with E-state index in [9.17, 15) is 9.59 Å². The van der Waals surface area contributed by atoms with Gasteiger partial charge in [0, 0.05) is 43.9 Å². The van der Waals surface area contributed by atoms with E-state index in [0.717, 1.165) is 37.4 Å². The molecule has 0 unspecified atom stereocenters. The normalized spacial score (nSPS) is 16.6. The van der Waals surface area contributed by atoms with Crippen LogP contribution in [0.15, 0.2) is 35.7 Å². The highest BCUT2D eigenvalue weighted by molar-refractivity contribution is 7.10. The lowest BCUT2D eigenvalue weighted by atomic mass is 10.1. The molecular weight excluding hydrogens is 370 g/mol. The van der Waals surface area contributed by atoms with Gasteiger partial charge in [0.15, 0.2) is 0 Å². The summed E-state index contributed by atoms with van der Waals surface area (Å²) in [5.74, 6) is -0.0256. The van der Waals surface area contributed by atoms with E-state index in [4.69, 9.17) is 0 Å². The standard InChI is InChI=1S/C22H27N3O2S/c26-21(8-9-22(27)25-14-10-20-17(16-25)11-15-28-20)23-18-6-2-3-7-19(18)24-12-4-1-5-13-24/h2-3,6-7,11,15H,1,4-5,8-10,12-14,16H2,(H,23,26). The lowest BCUT2D eigenvalue weighted by Gasteiger charge is -2.30. The fraction of sp³-hybridized carbons (Fsp3) is 0.455. The molecule has 2 aliphatic rings. The molecule has 0 atom stereocenters. The SMILES string of the molecule is O=C(CCC(=O)N1CCc2sccc2C1)Nc1ccccc1N1CCCCC1. The number of fused-ring (bicyclic) bond motifs is 1. The Balaban J connectivity index is 1.31. The van der Waals surface area contributed by atoms with Gasteiger partial charge in [-0.05, 0) is 54.8 Å². The summed E-state index contributed by atoms with van der Waals surface area (Å²) in [5.41, 5.74) is 3.19. The number of para-hydroxylation sites is 2. The largest absolute Gasteiger partial charge is 0.370 e. The van der Waals surface area contributed by atoms with E-state index >= 15 is 0 Å². The van der Waals surface area contributed by atoms with Crippen molar-refractivity contribution < 1.29 is 9.59 Å². The van der Waals surface area contributed by atoms with Crippen LogP contribution < -0.4 is 10.2 Å². The van der Waals surface area contributed by atoms with Crippen molar-refractivity contribution in [3.63, 3.8) is 0 Å². The Labute approximate surface area is 170 Å². The van der Waals surface area contributed by atoms with Gasteiger partial charge >= 0.3 is 0 Å². The molecule has 2 aromatic rings. The molecule has 1 fully saturated rings. The maximum atomic E-state index is 12.5. The van der Waals surface area contributed by atoms with Crippen molar-refractivity contribution in [1.29, 1.82) is 0 Å². The minimum atomic E-state index is -0.0916. The first-order chi connectivity index (χ1) is 13.7. The van der Waals surface area contributed by atoms with Crippen molar-refractivity contribution in [2.75, 3.05) is 29.9 Å². The average molecular weight is 398 g/mol. The van der Waals surface area contributed by atoms with Gasteiger partial charge in [0.1, 0.15) is 0 Å². The molecule has 0 bridgehead atoms. The molecule has 2 aliphatic heterocycles. The number of benzene rings is 1. The van der Waals surface area contributed by atoms with Crippen molar-refractivity contribution in [3.05, 3.63) is 46.2 Å². The third-order valence-electron chi connectivity index (χ3n) is 5.60. The summed E-state index contributed by atoms with van der Waals surface area (Å²) >= 11 is 1.77. The molecule has 0 radical (unpaired) electrons. The monoisotopic (exact) mass is 397 g/mol. The Morgan fingerprint density at radius 1 is 1.00 bits per heavy atom. The van der Waals surface area contributed by atoms with Crippen molar-refractivity contribution in [3.8, 4) is 0 Å². The number of nitrogens with zero attached hydrogens (tertiary/aromatic N) is 2. The molecule has 0 aliphatic carbocycles. The van der Waals surface area contributed by atoms with Gasteiger partial charge in [-0.2, -0.15) is 0 Å². The van der Waals surface area contributed by atoms with E-state index in [1.807, 2.05) is 23.1 Å². The zero-order valence-corrected chi connectivity index (χ0v) is 17.0. The summed E-state index contributed by atoms with van der Waals surface area (Å²) in [6.07, 6.45) is 5.07. The smallest absolute Gasteiger partial charge is 0.224 e. The fourth-order valence-electron chi connectivity index (χ4n) is 4.04. The molecule has 0 spiro atoms. The molecule has 6 heteroatoms. The molecule has 1 N–H and O–H groups in total. The van der Waals surface area contributed by atoms with Crippen LogP contribution in [-0.4, -0.2) is 36.3 Å². The van der Waals surface area contributed by atoms with E-state index in [1.165, 1.54) is 29.7 Å². The maximum Gasteiger partial charge on any atom is 0.224 e. The molecule has 2 amide bonds. The Morgan fingerprint density at radius 2 is 1.82 bits per heavy atom. The van der Waals surface area contributed by atoms with E-state index in [2.05, 4.69) is 27.7 Å². The molecule has 1 aromatic heterocycles. The second kappa shape index (κ2) is 8.78. The quantitative estimate of drug-likeness (QED) is 0.828. The fourth-order valence-corrected chi connectivity index (χ4v) is 4.93. The maximum absolute atomic E-state index is 12.5. The predicted molar refractivity (Wildman–Crippen MR) is 114 cm³/mol. The lowest BCUT2D eigenvalue weighted by Crippen LogP contribution is -2.35. The van der Waals surface area contributed by atoms with Gasteiger partial charge in [0.25, 0.3) is 0 Å². The number of hydrogen-bond donors (Lipinski definition) is 1. The van der Waals surface area contributed by atoms with Gasteiger partial charge in [0.2, 0.25) is 11.8 Å². The van der Waals surface area contributed by atoms with E-state index in [-0.39, 0.29) is 24.7 Å². The molecule has 4 rings (SSSR count). The van der Waals surface area contributed by atoms with Crippen LogP contribution in [0.5, 0.6) is 0 Å². The van der Waals surface area contributed by atoms with Crippen LogP contribution in [0.4, 0.5) is 11.4 Å². The van der Waals surface area contributed by atoms with Crippen molar-refractivity contribution in [2.24, 2.45) is 0 Å². The number of thiophene rings is 1. The second-order valence-corrected chi connectivity index (χ2v) is 8.55. The third kappa shape index (κ3) is 4.38. The van der Waals surface area contributed by atoms with Crippen LogP contribution in [0.25, 0.3) is 0 Å². The Kier molecular flexibility index (Phi) is 5.95. The van der Waals surface area contributed by atoms with Gasteiger partial charge in [-0.15, -0.1) is 11.3 Å². The summed E-state index contributed by atoms with van der Waals surface area (Å²) in [5, 5.41) is 5.12. The number of rotatable bonds is 5. The molecular formula is C22H27N3O2S. The summed E-state index contributed by atoms with van der Waals surface area (Å²) in [6, 6.07) is 10.1. The van der Waals surface area contributed by atoms with Crippen molar-refractivity contribution in [2.45, 2.75) is 45.1 Å². The van der Waals surface area contributed by atoms with Gasteiger partial charge in [-0.3, -0.25) is 9.59 Å². The number of nitrogens with one attached hydrogen (secondary N) is 1. The highest BCUT2D eigenvalue weighted by atomic mass is 32.1. The van der Waals surface area contributed by atoms with Crippen molar-refractivity contribution >= 4 is 34.5 Å². The van der Waals surface area contributed by atoms with Gasteiger partial charge in [-0.1, -0.05) is 12.1 Å². The Hall–Kier alpha value is -2.34. The number of amides is 2. The van der Waals surface area contributed by atoms with Crippen molar-refractivity contribution in [1.82, 2.24) is 4.90 Å². The highest BCUT2D eigenvalue weighted by Gasteiger charge is 2.22. The number of piperidine rings is 1. The highest BCUT2D eigenvalue weighted by Crippen LogP contribution is 2.28. The molecule has 148 valence electrons. The Bertz CT molecular complexity index is 842. The molecule has 0 saturated carbocycles. The van der Waals surface area contributed by atoms with Gasteiger partial charge in [0.05, 0.1) is 11.4 Å². The first kappa shape index (κ1) is 19.0. The van der Waals surface area contributed by atoms with Gasteiger partial charge < -0.3 is 15.1 Å². The zero-order valence-electron chi connectivity index (χ0n) is 16.2. The van der Waals surface area contributed by atoms with E-state index in [1.54, 1.807) is 11.3 Å². The van der Waals surface area contributed by atoms with Crippen LogP contribution in [0.1, 0.15) is 42.5 Å². The topological polar surface area (TPSA) is 52.7 Å². The molecule has 5 nitrogen and oxygen atoms in total. The Morgan fingerprint density at radius 3 is 2.68 bits per heavy atom. The minimum absolute atomic E-state index is 0.0660. The number of carbonyl (C=O) groups excluding carboxylic acids is 2. The van der Waals surface area contributed by atoms with Crippen LogP contribution in [0.2, 0.25) is 0 Å². The van der Waals surface area contributed by atoms with E-state index < -0.39 is 0 Å². The number of anilines is 2. The zero-order chi connectivity index (χ0) is 19.3. The first-order valence-corrected chi connectivity index (χ1v) is 11.1. The van der Waals surface area contributed by atoms with E-state index in [0.29, 0.717) is 6.54 Å². The van der Waals surface area contributed by atoms with Crippen LogP contribution >= 0.6 is 11.3 Å². The summed E-state index contributed by atoms with van der Waals surface area (Å²) < 4.78 is 0. The lowest BCUT2D eigenvalue weighted by molar-refractivity contribution is -0.133. The minimum Gasteiger partial charge on any atom is -0.370 e. The van der Waals surface area contributed by atoms with Crippen LogP contribution in [0, 0.1) is 0 Å². The summed E-state index contributed by atoms with van der Waals surface area (Å²) in [7, 11) is 0. The molecule has 3 heterocycles. The summed E-state index contributed by atoms with van der Waals surface area (Å²) in [4.78, 5) is 30.6. The predicted octanol–water partition coefficient (Wildman–Crippen LogP) is 4.04. The number of hydrogen-bond acceptors (Lipinski definition) is 4. The second-order valence-electron chi connectivity index (χ2n) is 7.55. The number of carbonyl (C=O) groups is 2. The third-order valence-corrected chi connectivity index (χ3v) is 6.62. The molecule has 1 saturated heterocycles. The van der Waals surface area contributed by atoms with Gasteiger partial charge in [-0.25, -0.2) is 0 Å². The summed E-state index contributed by atoms with van der Waals surface area (Å²) in [6.45, 7) is 3.50. The first-order valence-electron chi connectivity index (χ1n) is 10.2.